The van der Waals surface area contributed by atoms with Gasteiger partial charge in [0.1, 0.15) is 25.3 Å². The molecule has 0 aliphatic carbocycles. The number of quaternary nitrogens is 1. The van der Waals surface area contributed by atoms with E-state index in [1.54, 1.807) is 0 Å². The average molecular weight is 334 g/mol. The van der Waals surface area contributed by atoms with Gasteiger partial charge in [-0.1, -0.05) is 52.0 Å². The van der Waals surface area contributed by atoms with Crippen LogP contribution in [-0.4, -0.2) is 36.5 Å². The summed E-state index contributed by atoms with van der Waals surface area (Å²) in [5.74, 6) is 0.380. The normalized spacial score (nSPS) is 29.5. The summed E-state index contributed by atoms with van der Waals surface area (Å²) < 4.78 is 5.61. The van der Waals surface area contributed by atoms with Crippen LogP contribution in [0.2, 0.25) is 0 Å². The summed E-state index contributed by atoms with van der Waals surface area (Å²) in [4.78, 5) is 0. The van der Waals surface area contributed by atoms with Crippen molar-refractivity contribution in [3.63, 3.8) is 0 Å². The van der Waals surface area contributed by atoms with Crippen molar-refractivity contribution >= 4 is 0 Å². The van der Waals surface area contributed by atoms with Gasteiger partial charge in [0, 0.05) is 5.92 Å². The summed E-state index contributed by atoms with van der Waals surface area (Å²) in [6, 6.07) is 8.99. The number of hydroxylamine groups is 3. The molecule has 24 heavy (non-hydrogen) atoms. The molecule has 0 N–H and O–H groups in total. The first-order valence-electron chi connectivity index (χ1n) is 9.45. The SMILES string of the molecule is CCC(C)(C)c1ccc(C[C@H](C)C[N+]2([O-])C[C@@H](C)O[C@@H](C)C2)cc1. The predicted octanol–water partition coefficient (Wildman–Crippen LogP) is 4.67. The molecule has 1 aromatic rings. The molecule has 1 fully saturated rings. The zero-order valence-electron chi connectivity index (χ0n) is 16.3. The molecule has 0 bridgehead atoms. The molecule has 3 heteroatoms. The second kappa shape index (κ2) is 7.55. The van der Waals surface area contributed by atoms with E-state index in [9.17, 15) is 5.21 Å². The summed E-state index contributed by atoms with van der Waals surface area (Å²) >= 11 is 0. The van der Waals surface area contributed by atoms with Gasteiger partial charge in [0.15, 0.2) is 0 Å². The molecule has 1 aliphatic rings. The Morgan fingerprint density at radius 2 is 1.71 bits per heavy atom. The van der Waals surface area contributed by atoms with Crippen molar-refractivity contribution in [1.29, 1.82) is 0 Å². The van der Waals surface area contributed by atoms with E-state index in [1.807, 2.05) is 13.8 Å². The van der Waals surface area contributed by atoms with Crippen LogP contribution in [-0.2, 0) is 16.6 Å². The van der Waals surface area contributed by atoms with E-state index in [2.05, 4.69) is 52.0 Å². The lowest BCUT2D eigenvalue weighted by atomic mass is 9.82. The number of ether oxygens (including phenoxy) is 1. The van der Waals surface area contributed by atoms with Gasteiger partial charge in [-0.05, 0) is 43.2 Å². The number of benzene rings is 1. The van der Waals surface area contributed by atoms with Crippen molar-refractivity contribution in [2.45, 2.75) is 72.0 Å². The Kier molecular flexibility index (Phi) is 6.11. The van der Waals surface area contributed by atoms with Crippen molar-refractivity contribution < 1.29 is 9.38 Å². The third kappa shape index (κ3) is 5.05. The maximum atomic E-state index is 13.0. The smallest absolute Gasteiger partial charge is 0.105 e. The summed E-state index contributed by atoms with van der Waals surface area (Å²) in [6.07, 6.45) is 2.24. The van der Waals surface area contributed by atoms with Crippen molar-refractivity contribution in [3.8, 4) is 0 Å². The average Bonchev–Trinajstić information content (AvgIpc) is 2.45. The van der Waals surface area contributed by atoms with Gasteiger partial charge in [-0.25, -0.2) is 0 Å². The minimum Gasteiger partial charge on any atom is -0.633 e. The first kappa shape index (κ1) is 19.4. The van der Waals surface area contributed by atoms with E-state index >= 15 is 0 Å². The topological polar surface area (TPSA) is 32.3 Å². The Morgan fingerprint density at radius 3 is 2.21 bits per heavy atom. The van der Waals surface area contributed by atoms with Gasteiger partial charge < -0.3 is 14.6 Å². The molecule has 0 radical (unpaired) electrons. The number of hydrogen-bond acceptors (Lipinski definition) is 2. The summed E-state index contributed by atoms with van der Waals surface area (Å²) in [7, 11) is 0. The van der Waals surface area contributed by atoms with Crippen LogP contribution in [0.3, 0.4) is 0 Å². The highest BCUT2D eigenvalue weighted by atomic mass is 16.6. The molecule has 1 heterocycles. The van der Waals surface area contributed by atoms with Gasteiger partial charge in [0.2, 0.25) is 0 Å². The Hall–Kier alpha value is -0.900. The number of morpholine rings is 1. The zero-order chi connectivity index (χ0) is 18.0. The fraction of sp³-hybridized carbons (Fsp3) is 0.714. The number of rotatable bonds is 6. The molecule has 0 amide bonds. The molecule has 1 saturated heterocycles. The molecule has 2 rings (SSSR count). The van der Waals surface area contributed by atoms with E-state index in [1.165, 1.54) is 11.1 Å². The second-order valence-electron chi connectivity index (χ2n) is 8.61. The molecular formula is C21H35NO2. The highest BCUT2D eigenvalue weighted by Gasteiger charge is 2.32. The van der Waals surface area contributed by atoms with E-state index in [4.69, 9.17) is 4.74 Å². The zero-order valence-corrected chi connectivity index (χ0v) is 16.3. The van der Waals surface area contributed by atoms with Crippen molar-refractivity contribution in [2.24, 2.45) is 5.92 Å². The lowest BCUT2D eigenvalue weighted by Crippen LogP contribution is -2.57. The molecule has 1 unspecified atom stereocenters. The van der Waals surface area contributed by atoms with Crippen molar-refractivity contribution in [1.82, 2.24) is 0 Å². The lowest BCUT2D eigenvalue weighted by Gasteiger charge is -2.50. The van der Waals surface area contributed by atoms with Crippen molar-refractivity contribution in [3.05, 3.63) is 40.6 Å². The van der Waals surface area contributed by atoms with Crippen LogP contribution >= 0.6 is 0 Å². The Bertz CT molecular complexity index is 513. The Balaban J connectivity index is 1.96. The largest absolute Gasteiger partial charge is 0.633 e. The van der Waals surface area contributed by atoms with Crippen LogP contribution in [0.15, 0.2) is 24.3 Å². The standard InChI is InChI=1S/C21H35NO2/c1-7-21(5,6)20-10-8-19(9-11-20)12-16(2)13-22(23)14-17(3)24-18(4)15-22/h8-11,16-18H,7,12-15H2,1-6H3/t16-,17-,18+,22?/m0/s1. The molecule has 0 aromatic heterocycles. The third-order valence-corrected chi connectivity index (χ3v) is 5.49. The third-order valence-electron chi connectivity index (χ3n) is 5.49. The summed E-state index contributed by atoms with van der Waals surface area (Å²) in [5, 5.41) is 13.0. The van der Waals surface area contributed by atoms with Gasteiger partial charge in [-0.2, -0.15) is 0 Å². The van der Waals surface area contributed by atoms with E-state index < -0.39 is 0 Å². The highest BCUT2D eigenvalue weighted by Crippen LogP contribution is 2.27. The van der Waals surface area contributed by atoms with Crippen LogP contribution in [0.4, 0.5) is 0 Å². The fourth-order valence-electron chi connectivity index (χ4n) is 3.97. The monoisotopic (exact) mass is 333 g/mol. The maximum Gasteiger partial charge on any atom is 0.105 e. The van der Waals surface area contributed by atoms with E-state index in [0.29, 0.717) is 25.6 Å². The van der Waals surface area contributed by atoms with Gasteiger partial charge >= 0.3 is 0 Å². The first-order chi connectivity index (χ1) is 11.1. The summed E-state index contributed by atoms with van der Waals surface area (Å²) in [5.41, 5.74) is 2.96. The molecule has 0 spiro atoms. The number of hydrogen-bond donors (Lipinski definition) is 0. The summed E-state index contributed by atoms with van der Waals surface area (Å²) in [6.45, 7) is 14.9. The minimum atomic E-state index is -0.107. The van der Waals surface area contributed by atoms with Gasteiger partial charge in [0.25, 0.3) is 0 Å². The van der Waals surface area contributed by atoms with E-state index in [-0.39, 0.29) is 22.3 Å². The van der Waals surface area contributed by atoms with Gasteiger partial charge in [-0.15, -0.1) is 0 Å². The first-order valence-corrected chi connectivity index (χ1v) is 9.45. The molecule has 3 nitrogen and oxygen atoms in total. The predicted molar refractivity (Wildman–Crippen MR) is 101 cm³/mol. The maximum absolute atomic E-state index is 13.0. The van der Waals surface area contributed by atoms with Gasteiger partial charge in [-0.3, -0.25) is 0 Å². The molecule has 1 aromatic carbocycles. The molecule has 1 aliphatic heterocycles. The van der Waals surface area contributed by atoms with Gasteiger partial charge in [0.05, 0.1) is 6.54 Å². The molecular weight excluding hydrogens is 298 g/mol. The van der Waals surface area contributed by atoms with Crippen LogP contribution in [0.5, 0.6) is 0 Å². The molecule has 4 atom stereocenters. The molecule has 136 valence electrons. The van der Waals surface area contributed by atoms with E-state index in [0.717, 1.165) is 12.8 Å². The highest BCUT2D eigenvalue weighted by molar-refractivity contribution is 5.28. The second-order valence-corrected chi connectivity index (χ2v) is 8.61. The lowest BCUT2D eigenvalue weighted by molar-refractivity contribution is -0.898. The minimum absolute atomic E-state index is 0.0639. The van der Waals surface area contributed by atoms with Crippen molar-refractivity contribution in [2.75, 3.05) is 19.6 Å². The van der Waals surface area contributed by atoms with Crippen LogP contribution in [0, 0.1) is 11.1 Å². The number of nitrogens with zero attached hydrogens (tertiary/aromatic N) is 1. The Morgan fingerprint density at radius 1 is 1.17 bits per heavy atom. The van der Waals surface area contributed by atoms with Crippen LogP contribution in [0.25, 0.3) is 0 Å². The fourth-order valence-corrected chi connectivity index (χ4v) is 3.97. The van der Waals surface area contributed by atoms with Crippen LogP contribution < -0.4 is 0 Å². The molecule has 0 saturated carbocycles. The van der Waals surface area contributed by atoms with Crippen LogP contribution in [0.1, 0.15) is 59.1 Å². The quantitative estimate of drug-likeness (QED) is 0.559. The Labute approximate surface area is 148 Å².